The van der Waals surface area contributed by atoms with Crippen molar-refractivity contribution >= 4 is 69.0 Å². The van der Waals surface area contributed by atoms with E-state index in [1.807, 2.05) is 0 Å². The summed E-state index contributed by atoms with van der Waals surface area (Å²) in [5, 5.41) is 27.1. The molecule has 0 heterocycles. The van der Waals surface area contributed by atoms with Crippen molar-refractivity contribution in [1.29, 1.82) is 0 Å². The smallest absolute Gasteiger partial charge is 0.296 e. The van der Waals surface area contributed by atoms with Gasteiger partial charge in [0.05, 0.1) is 45.2 Å². The van der Waals surface area contributed by atoms with Crippen LogP contribution in [0.2, 0.25) is 0 Å². The first-order valence-electron chi connectivity index (χ1n) is 12.8. The van der Waals surface area contributed by atoms with Gasteiger partial charge in [0, 0.05) is 0 Å². The third kappa shape index (κ3) is 6.54. The first-order chi connectivity index (χ1) is 20.6. The molecule has 232 valence electrons. The summed E-state index contributed by atoms with van der Waals surface area (Å²) in [6, 6.07) is 13.2. The monoisotopic (exact) mass is 661 g/mol. The summed E-state index contributed by atoms with van der Waals surface area (Å²) >= 11 is 0. The molecule has 17 heteroatoms. The second-order valence-electron chi connectivity index (χ2n) is 9.18. The number of hydrogen-bond donors (Lipinski definition) is 3. The van der Waals surface area contributed by atoms with Crippen LogP contribution in [0.15, 0.2) is 95.8 Å². The highest BCUT2D eigenvalue weighted by Gasteiger charge is 2.24. The van der Waals surface area contributed by atoms with E-state index in [4.69, 9.17) is 10.5 Å². The van der Waals surface area contributed by atoms with Gasteiger partial charge in [0.2, 0.25) is 0 Å². The van der Waals surface area contributed by atoms with Gasteiger partial charge in [0.15, 0.2) is 25.4 Å². The third-order valence-corrected chi connectivity index (χ3v) is 10.8. The second kappa shape index (κ2) is 12.3. The molecule has 0 saturated carbocycles. The number of phenolic OH excluding ortho intramolecular Hbond substituents is 1. The summed E-state index contributed by atoms with van der Waals surface area (Å²) in [4.78, 5) is -0.816. The van der Waals surface area contributed by atoms with Crippen molar-refractivity contribution in [2.45, 2.75) is 28.5 Å². The summed E-state index contributed by atoms with van der Waals surface area (Å²) < 4.78 is 88.8. The molecule has 4 aromatic carbocycles. The van der Waals surface area contributed by atoms with Gasteiger partial charge in [0.1, 0.15) is 27.7 Å². The van der Waals surface area contributed by atoms with Crippen molar-refractivity contribution in [1.82, 2.24) is 0 Å². The number of methoxy groups -OCH3 is 1. The molecule has 0 amide bonds. The zero-order chi connectivity index (χ0) is 32.4. The molecule has 4 N–H and O–H groups in total. The Morgan fingerprint density at radius 2 is 1.41 bits per heavy atom. The highest BCUT2D eigenvalue weighted by molar-refractivity contribution is 7.91. The molecule has 4 rings (SSSR count). The van der Waals surface area contributed by atoms with Gasteiger partial charge in [-0.2, -0.15) is 13.5 Å². The number of rotatable bonds is 10. The number of phenols is 1. The molecule has 0 bridgehead atoms. The van der Waals surface area contributed by atoms with Crippen LogP contribution in [0, 0.1) is 0 Å². The van der Waals surface area contributed by atoms with Crippen LogP contribution in [-0.2, 0) is 29.8 Å². The summed E-state index contributed by atoms with van der Waals surface area (Å²) in [6.45, 7) is 2.97. The SMILES string of the molecule is CCS(=O)(=O)c1cccc(N=Nc2c(S(=O)(=O)O)cc3ccc(N=Nc4cc(S(=O)(=O)CC)ccc4OC)c(N)c3c2O)c1. The number of fused-ring (bicyclic) bond motifs is 1. The number of azo groups is 2. The van der Waals surface area contributed by atoms with Gasteiger partial charge in [-0.25, -0.2) is 16.8 Å². The Hall–Kier alpha value is -4.45. The van der Waals surface area contributed by atoms with Gasteiger partial charge < -0.3 is 15.6 Å². The molecule has 0 fully saturated rings. The Bertz CT molecular complexity index is 2160. The Labute approximate surface area is 253 Å². The molecule has 0 unspecified atom stereocenters. The molecule has 0 aliphatic heterocycles. The zero-order valence-corrected chi connectivity index (χ0v) is 26.0. The lowest BCUT2D eigenvalue weighted by atomic mass is 10.1. The number of hydrogen-bond acceptors (Lipinski definition) is 13. The maximum Gasteiger partial charge on any atom is 0.296 e. The molecule has 4 aromatic rings. The lowest BCUT2D eigenvalue weighted by Crippen LogP contribution is -2.03. The van der Waals surface area contributed by atoms with E-state index in [9.17, 15) is 34.9 Å². The average Bonchev–Trinajstić information content (AvgIpc) is 2.99. The predicted octanol–water partition coefficient (Wildman–Crippen LogP) is 5.80. The summed E-state index contributed by atoms with van der Waals surface area (Å²) in [5.74, 6) is -0.843. The van der Waals surface area contributed by atoms with E-state index < -0.39 is 46.1 Å². The van der Waals surface area contributed by atoms with Crippen LogP contribution < -0.4 is 10.5 Å². The quantitative estimate of drug-likeness (QED) is 0.105. The molecule has 44 heavy (non-hydrogen) atoms. The van der Waals surface area contributed by atoms with E-state index in [1.54, 1.807) is 0 Å². The van der Waals surface area contributed by atoms with Crippen LogP contribution in [-0.4, -0.2) is 53.5 Å². The molecule has 0 spiro atoms. The molecule has 0 aliphatic rings. The molecular formula is C27H27N5O9S3. The number of sulfone groups is 2. The van der Waals surface area contributed by atoms with Crippen molar-refractivity contribution in [3.8, 4) is 11.5 Å². The van der Waals surface area contributed by atoms with E-state index in [0.29, 0.717) is 0 Å². The van der Waals surface area contributed by atoms with Gasteiger partial charge >= 0.3 is 0 Å². The molecule has 14 nitrogen and oxygen atoms in total. The molecule has 0 atom stereocenters. The van der Waals surface area contributed by atoms with E-state index in [-0.39, 0.29) is 60.6 Å². The third-order valence-electron chi connectivity index (χ3n) is 6.49. The molecule has 0 aliphatic carbocycles. The summed E-state index contributed by atoms with van der Waals surface area (Å²) in [5.41, 5.74) is 5.60. The largest absolute Gasteiger partial charge is 0.505 e. The maximum absolute atomic E-state index is 12.3. The predicted molar refractivity (Wildman–Crippen MR) is 163 cm³/mol. The Morgan fingerprint density at radius 1 is 0.773 bits per heavy atom. The van der Waals surface area contributed by atoms with E-state index in [1.165, 1.54) is 75.6 Å². The van der Waals surface area contributed by atoms with Crippen LogP contribution in [0.3, 0.4) is 0 Å². The van der Waals surface area contributed by atoms with Crippen molar-refractivity contribution < 1.29 is 39.6 Å². The lowest BCUT2D eigenvalue weighted by Gasteiger charge is -2.12. The first kappa shape index (κ1) is 32.5. The minimum Gasteiger partial charge on any atom is -0.505 e. The van der Waals surface area contributed by atoms with Gasteiger partial charge in [0.25, 0.3) is 10.1 Å². The van der Waals surface area contributed by atoms with Crippen molar-refractivity contribution in [3.05, 3.63) is 60.7 Å². The van der Waals surface area contributed by atoms with E-state index in [0.717, 1.165) is 6.07 Å². The number of nitrogens with two attached hydrogens (primary N) is 1. The molecule has 0 saturated heterocycles. The van der Waals surface area contributed by atoms with Crippen LogP contribution in [0.25, 0.3) is 10.8 Å². The standard InChI is InChI=1S/C27H27N5O9S3/c1-4-42(34,35)18-8-6-7-17(14-18)29-32-26-23(44(38,39)40)13-16-9-11-20(25(28)24(16)27(26)33)30-31-21-15-19(43(36,37)5-2)10-12-22(21)41-3/h6-15,33H,4-5,28H2,1-3H3,(H,38,39,40). The summed E-state index contributed by atoms with van der Waals surface area (Å²) in [7, 11) is -10.7. The number of nitrogen functional groups attached to an aromatic ring is 1. The van der Waals surface area contributed by atoms with Crippen LogP contribution in [0.1, 0.15) is 13.8 Å². The van der Waals surface area contributed by atoms with Gasteiger partial charge in [-0.05, 0) is 53.9 Å². The fourth-order valence-corrected chi connectivity index (χ4v) is 6.54. The highest BCUT2D eigenvalue weighted by Crippen LogP contribution is 2.46. The van der Waals surface area contributed by atoms with Crippen LogP contribution in [0.5, 0.6) is 11.5 Å². The Kier molecular flexibility index (Phi) is 9.06. The van der Waals surface area contributed by atoms with Gasteiger partial charge in [-0.15, -0.1) is 15.3 Å². The minimum absolute atomic E-state index is 0.00412. The number of ether oxygens (including phenoxy) is 1. The molecule has 0 aromatic heterocycles. The fraction of sp³-hybridized carbons (Fsp3) is 0.185. The topological polar surface area (TPSA) is 228 Å². The highest BCUT2D eigenvalue weighted by atomic mass is 32.2. The maximum atomic E-state index is 12.3. The van der Waals surface area contributed by atoms with Crippen molar-refractivity contribution in [2.75, 3.05) is 24.3 Å². The Balaban J connectivity index is 1.86. The fourth-order valence-electron chi connectivity index (χ4n) is 4.06. The molecular weight excluding hydrogens is 635 g/mol. The number of benzene rings is 4. The lowest BCUT2D eigenvalue weighted by molar-refractivity contribution is 0.415. The number of nitrogens with zero attached hydrogens (tertiary/aromatic N) is 4. The zero-order valence-electron chi connectivity index (χ0n) is 23.5. The van der Waals surface area contributed by atoms with E-state index in [2.05, 4.69) is 20.5 Å². The van der Waals surface area contributed by atoms with Crippen LogP contribution in [0.4, 0.5) is 28.4 Å². The normalized spacial score (nSPS) is 12.8. The molecule has 0 radical (unpaired) electrons. The number of anilines is 1. The second-order valence-corrected chi connectivity index (χ2v) is 15.1. The van der Waals surface area contributed by atoms with Crippen molar-refractivity contribution in [3.63, 3.8) is 0 Å². The van der Waals surface area contributed by atoms with Gasteiger partial charge in [-0.1, -0.05) is 26.0 Å². The summed E-state index contributed by atoms with van der Waals surface area (Å²) in [6.07, 6.45) is 0. The average molecular weight is 662 g/mol. The van der Waals surface area contributed by atoms with Crippen LogP contribution >= 0.6 is 0 Å². The van der Waals surface area contributed by atoms with Crippen molar-refractivity contribution in [2.24, 2.45) is 20.5 Å². The van der Waals surface area contributed by atoms with E-state index >= 15 is 0 Å². The Morgan fingerprint density at radius 3 is 2.02 bits per heavy atom. The van der Waals surface area contributed by atoms with Gasteiger partial charge in [-0.3, -0.25) is 4.55 Å². The number of aromatic hydroxyl groups is 1. The first-order valence-corrected chi connectivity index (χ1v) is 17.5. The minimum atomic E-state index is -4.94.